The number of anilines is 2. The van der Waals surface area contributed by atoms with Crippen molar-refractivity contribution in [3.05, 3.63) is 228 Å². The number of benzene rings is 7. The van der Waals surface area contributed by atoms with Crippen LogP contribution in [0, 0.1) is 11.3 Å². The van der Waals surface area contributed by atoms with Crippen LogP contribution in [0.1, 0.15) is 46.7 Å². The van der Waals surface area contributed by atoms with Gasteiger partial charge in [0.1, 0.15) is 0 Å². The van der Waals surface area contributed by atoms with E-state index in [4.69, 9.17) is 12.6 Å². The zero-order valence-corrected chi connectivity index (χ0v) is 39.0. The fourth-order valence-corrected chi connectivity index (χ4v) is 12.9. The predicted octanol–water partition coefficient (Wildman–Crippen LogP) is 16.1. The molecule has 1 aliphatic heterocycles. The quantitative estimate of drug-likeness (QED) is 0.175. The first-order chi connectivity index (χ1) is 34.7. The first-order valence-electron chi connectivity index (χ1n) is 24.1. The van der Waals surface area contributed by atoms with E-state index in [1.54, 1.807) is 6.07 Å². The Morgan fingerprint density at radius 1 is 0.620 bits per heavy atom. The van der Waals surface area contributed by atoms with Crippen LogP contribution in [-0.4, -0.2) is 19.7 Å². The van der Waals surface area contributed by atoms with Crippen LogP contribution in [0.3, 0.4) is 0 Å². The molecule has 10 aromatic rings. The monoisotopic (exact) mass is 945 g/mol. The number of nitrogens with zero attached hydrogens (tertiary/aromatic N) is 5. The van der Waals surface area contributed by atoms with Crippen molar-refractivity contribution in [1.29, 1.82) is 5.26 Å². The largest absolute Gasteiger partial charge is 0.416 e. The van der Waals surface area contributed by atoms with E-state index in [0.29, 0.717) is 11.4 Å². The van der Waals surface area contributed by atoms with Gasteiger partial charge in [0, 0.05) is 61.9 Å². The Labute approximate surface area is 412 Å². The van der Waals surface area contributed by atoms with Crippen molar-refractivity contribution in [1.82, 2.24) is 13.7 Å². The Morgan fingerprint density at radius 3 is 1.80 bits per heavy atom. The zero-order valence-electron chi connectivity index (χ0n) is 38.1. The standard InChI is InChI=1S/C62H42F3N5S/c63-62(64,65)48-36-59(70-55-30-14-7-23-47(55)61(71)32-16-15-31-60(61)70)58(69-53-28-12-5-21-43(53)44-22-6-13-29-54(44)69)35-46(48)45-34-57(68-51-26-10-3-19-41(51)42-20-4-11-27-52(42)68)56(33-38(45)37-66)67-49-24-8-1-17-39(49)40-18-2-9-25-50(40)67/h1,3-17,19-33,35-36,45,60,71H,2,18,34H2. The number of fused-ring (bicyclic) bond motifs is 12. The number of para-hydroxylation sites is 6. The molecule has 0 saturated heterocycles. The third kappa shape index (κ3) is 5.95. The van der Waals surface area contributed by atoms with Crippen LogP contribution in [-0.2, 0) is 17.3 Å². The number of hydrogen-bond acceptors (Lipinski definition) is 3. The molecule has 14 rings (SSSR count). The van der Waals surface area contributed by atoms with Gasteiger partial charge < -0.3 is 18.6 Å². The van der Waals surface area contributed by atoms with Gasteiger partial charge in [-0.2, -0.15) is 31.1 Å². The zero-order chi connectivity index (χ0) is 47.8. The summed E-state index contributed by atoms with van der Waals surface area (Å²) in [4.78, 5) is 2.04. The lowest BCUT2D eigenvalue weighted by atomic mass is 9.80. The Kier molecular flexibility index (Phi) is 9.06. The van der Waals surface area contributed by atoms with E-state index in [-0.39, 0.29) is 17.6 Å². The summed E-state index contributed by atoms with van der Waals surface area (Å²) in [6, 6.07) is 54.0. The summed E-state index contributed by atoms with van der Waals surface area (Å²) in [5.74, 6) is -1.00. The maximum absolute atomic E-state index is 16.6. The van der Waals surface area contributed by atoms with E-state index in [1.165, 1.54) is 11.6 Å². The van der Waals surface area contributed by atoms with Gasteiger partial charge in [-0.15, -0.1) is 0 Å². The van der Waals surface area contributed by atoms with Gasteiger partial charge in [-0.3, -0.25) is 0 Å². The summed E-state index contributed by atoms with van der Waals surface area (Å²) < 4.78 is 55.7. The van der Waals surface area contributed by atoms with E-state index in [0.717, 1.165) is 95.7 Å². The molecule has 3 unspecified atom stereocenters. The molecular formula is C62H42F3N5S. The minimum Gasteiger partial charge on any atom is -0.330 e. The van der Waals surface area contributed by atoms with Gasteiger partial charge >= 0.3 is 6.18 Å². The molecule has 3 aromatic heterocycles. The average Bonchev–Trinajstić information content (AvgIpc) is 4.11. The topological polar surface area (TPSA) is 41.8 Å². The highest BCUT2D eigenvalue weighted by Gasteiger charge is 2.49. The van der Waals surface area contributed by atoms with Crippen LogP contribution in [0.25, 0.3) is 77.7 Å². The molecule has 7 aromatic carbocycles. The highest BCUT2D eigenvalue weighted by Crippen LogP contribution is 2.57. The van der Waals surface area contributed by atoms with Crippen LogP contribution in [0.5, 0.6) is 0 Å². The summed E-state index contributed by atoms with van der Waals surface area (Å²) in [5.41, 5.74) is 10.5. The van der Waals surface area contributed by atoms with Gasteiger partial charge in [-0.25, -0.2) is 0 Å². The molecule has 342 valence electrons. The van der Waals surface area contributed by atoms with Gasteiger partial charge in [0.25, 0.3) is 0 Å². The van der Waals surface area contributed by atoms with E-state index in [1.807, 2.05) is 126 Å². The van der Waals surface area contributed by atoms with Gasteiger partial charge in [0.05, 0.1) is 67.1 Å². The van der Waals surface area contributed by atoms with E-state index in [9.17, 15) is 5.26 Å². The molecule has 0 saturated carbocycles. The summed E-state index contributed by atoms with van der Waals surface area (Å²) >= 11 is 5.34. The van der Waals surface area contributed by atoms with Gasteiger partial charge in [-0.05, 0) is 90.2 Å². The Morgan fingerprint density at radius 2 is 1.18 bits per heavy atom. The molecular weight excluding hydrogens is 904 g/mol. The van der Waals surface area contributed by atoms with Crippen LogP contribution in [0.4, 0.5) is 24.5 Å². The van der Waals surface area contributed by atoms with Gasteiger partial charge in [-0.1, -0.05) is 140 Å². The average molecular weight is 946 g/mol. The first-order valence-corrected chi connectivity index (χ1v) is 24.5. The van der Waals surface area contributed by atoms with E-state index in [2.05, 4.69) is 86.5 Å². The molecule has 0 fully saturated rings. The minimum absolute atomic E-state index is 0.0335. The predicted molar refractivity (Wildman–Crippen MR) is 286 cm³/mol. The normalized spacial score (nSPS) is 19.5. The Hall–Kier alpha value is -8.19. The second kappa shape index (κ2) is 15.4. The second-order valence-corrected chi connectivity index (χ2v) is 19.8. The lowest BCUT2D eigenvalue weighted by Crippen LogP contribution is -2.38. The summed E-state index contributed by atoms with van der Waals surface area (Å²) in [5, 5.41) is 16.6. The number of aryl methyl sites for hydroxylation is 1. The fraction of sp³-hybridized carbons (Fsp3) is 0.113. The molecule has 4 aliphatic rings. The highest BCUT2D eigenvalue weighted by atomic mass is 32.1. The van der Waals surface area contributed by atoms with Gasteiger partial charge in [0.15, 0.2) is 0 Å². The molecule has 3 aliphatic carbocycles. The molecule has 0 amide bonds. The van der Waals surface area contributed by atoms with Crippen molar-refractivity contribution in [3.63, 3.8) is 0 Å². The molecule has 9 heteroatoms. The maximum Gasteiger partial charge on any atom is 0.416 e. The maximum atomic E-state index is 16.6. The molecule has 3 atom stereocenters. The van der Waals surface area contributed by atoms with Crippen LogP contribution < -0.4 is 4.90 Å². The van der Waals surface area contributed by atoms with Gasteiger partial charge in [0.2, 0.25) is 0 Å². The first kappa shape index (κ1) is 41.8. The third-order valence-corrected chi connectivity index (χ3v) is 16.1. The lowest BCUT2D eigenvalue weighted by molar-refractivity contribution is -0.138. The van der Waals surface area contributed by atoms with Crippen molar-refractivity contribution in [2.75, 3.05) is 4.90 Å². The summed E-state index contributed by atoms with van der Waals surface area (Å²) in [6.45, 7) is 0. The molecule has 0 radical (unpaired) electrons. The molecule has 0 bridgehead atoms. The van der Waals surface area contributed by atoms with Crippen molar-refractivity contribution >= 4 is 96.0 Å². The lowest BCUT2D eigenvalue weighted by Gasteiger charge is -2.36. The number of aromatic nitrogens is 3. The van der Waals surface area contributed by atoms with Crippen LogP contribution in [0.2, 0.25) is 0 Å². The highest BCUT2D eigenvalue weighted by molar-refractivity contribution is 7.81. The molecule has 5 nitrogen and oxygen atoms in total. The Bertz CT molecular complexity index is 4040. The van der Waals surface area contributed by atoms with Crippen molar-refractivity contribution in [3.8, 4) is 11.8 Å². The summed E-state index contributed by atoms with van der Waals surface area (Å²) in [7, 11) is 0. The van der Waals surface area contributed by atoms with Crippen LogP contribution >= 0.6 is 12.6 Å². The SMILES string of the molecule is N#CC1=CC(n2c3c(c4ccccc42)CCC=C3)=C(n2c3ccccc3c3ccccc32)CC1c1cc(-n2c3ccccc3c3ccccc32)c(N2c3ccccc3C3(S)C=CC=CC23)cc1C(F)(F)F. The molecule has 4 heterocycles. The molecule has 0 N–H and O–H groups in total. The molecule has 0 spiro atoms. The van der Waals surface area contributed by atoms with E-state index < -0.39 is 28.4 Å². The van der Waals surface area contributed by atoms with Crippen LogP contribution in [0.15, 0.2) is 200 Å². The van der Waals surface area contributed by atoms with E-state index >= 15 is 13.2 Å². The number of alkyl halides is 3. The minimum atomic E-state index is -4.82. The fourth-order valence-electron chi connectivity index (χ4n) is 12.5. The Balaban J connectivity index is 1.09. The number of halogens is 3. The number of allylic oxidation sites excluding steroid dienone is 7. The number of nitriles is 1. The van der Waals surface area contributed by atoms with Crippen molar-refractivity contribution in [2.24, 2.45) is 0 Å². The number of rotatable bonds is 5. The number of thiol groups is 1. The summed E-state index contributed by atoms with van der Waals surface area (Å²) in [6.07, 6.45) is 11.2. The third-order valence-electron chi connectivity index (χ3n) is 15.4. The second-order valence-electron chi connectivity index (χ2n) is 19.0. The smallest absolute Gasteiger partial charge is 0.330 e. The van der Waals surface area contributed by atoms with Crippen molar-refractivity contribution in [2.45, 2.75) is 42.1 Å². The molecule has 71 heavy (non-hydrogen) atoms. The van der Waals surface area contributed by atoms with Crippen molar-refractivity contribution < 1.29 is 13.2 Å². The number of hydrogen-bond donors (Lipinski definition) is 1.